The van der Waals surface area contributed by atoms with E-state index >= 15 is 0 Å². The molecule has 0 N–H and O–H groups in total. The van der Waals surface area contributed by atoms with Crippen molar-refractivity contribution in [2.75, 3.05) is 13.2 Å². The summed E-state index contributed by atoms with van der Waals surface area (Å²) < 4.78 is 25.3. The second-order valence-electron chi connectivity index (χ2n) is 4.29. The molecule has 0 aromatic rings. The van der Waals surface area contributed by atoms with Crippen LogP contribution in [0, 0.1) is 0 Å². The Labute approximate surface area is 99.9 Å². The Morgan fingerprint density at radius 1 is 1.06 bits per heavy atom. The van der Waals surface area contributed by atoms with Gasteiger partial charge in [0.25, 0.3) is 0 Å². The molecule has 0 aliphatic carbocycles. The molecule has 0 aromatic carbocycles. The molecule has 0 spiro atoms. The lowest BCUT2D eigenvalue weighted by Gasteiger charge is -2.35. The molecule has 0 aliphatic heterocycles. The number of hydrogen-bond acceptors (Lipinski definition) is 3. The molecule has 16 heavy (non-hydrogen) atoms. The Hall–Kier alpha value is 0.110. The van der Waals surface area contributed by atoms with Gasteiger partial charge in [0.05, 0.1) is 13.2 Å². The van der Waals surface area contributed by atoms with Crippen LogP contribution in [0.5, 0.6) is 0 Å². The molecular weight excluding hydrogens is 225 g/mol. The van der Waals surface area contributed by atoms with Crippen molar-refractivity contribution >= 4 is 7.75 Å². The summed E-state index contributed by atoms with van der Waals surface area (Å²) in [6, 6.07) is 0.267. The zero-order valence-corrected chi connectivity index (χ0v) is 12.3. The summed E-state index contributed by atoms with van der Waals surface area (Å²) in [5, 5.41) is 0. The third-order valence-corrected chi connectivity index (χ3v) is 4.67. The van der Waals surface area contributed by atoms with Crippen molar-refractivity contribution in [1.82, 2.24) is 4.67 Å². The highest BCUT2D eigenvalue weighted by atomic mass is 31.2. The number of nitrogens with zero attached hydrogens (tertiary/aromatic N) is 1. The van der Waals surface area contributed by atoms with E-state index in [2.05, 4.69) is 0 Å². The molecule has 0 fully saturated rings. The van der Waals surface area contributed by atoms with E-state index in [0.717, 1.165) is 6.42 Å². The van der Waals surface area contributed by atoms with Crippen LogP contribution in [0.3, 0.4) is 0 Å². The Morgan fingerprint density at radius 3 is 1.88 bits per heavy atom. The molecule has 4 nitrogen and oxygen atoms in total. The van der Waals surface area contributed by atoms with Crippen LogP contribution >= 0.6 is 7.75 Å². The monoisotopic (exact) mass is 251 g/mol. The second-order valence-corrected chi connectivity index (χ2v) is 6.20. The van der Waals surface area contributed by atoms with Gasteiger partial charge in [0.2, 0.25) is 0 Å². The van der Waals surface area contributed by atoms with Crippen LogP contribution in [0.1, 0.15) is 48.0 Å². The summed E-state index contributed by atoms with van der Waals surface area (Å²) in [6.45, 7) is 12.7. The largest absolute Gasteiger partial charge is 0.408 e. The summed E-state index contributed by atoms with van der Waals surface area (Å²) in [4.78, 5) is 0. The van der Waals surface area contributed by atoms with Gasteiger partial charge in [0.1, 0.15) is 0 Å². The minimum Gasteiger partial charge on any atom is -0.297 e. The highest BCUT2D eigenvalue weighted by Crippen LogP contribution is 2.54. The van der Waals surface area contributed by atoms with Crippen molar-refractivity contribution in [2.24, 2.45) is 0 Å². The van der Waals surface area contributed by atoms with Crippen LogP contribution in [0.15, 0.2) is 0 Å². The normalized spacial score (nSPS) is 16.1. The lowest BCUT2D eigenvalue weighted by molar-refractivity contribution is 0.135. The van der Waals surface area contributed by atoms with Crippen molar-refractivity contribution in [2.45, 2.75) is 60.0 Å². The molecular formula is C11H26NO3P. The zero-order chi connectivity index (χ0) is 12.8. The minimum absolute atomic E-state index is 0.134. The topological polar surface area (TPSA) is 38.8 Å². The first-order valence-electron chi connectivity index (χ1n) is 6.07. The fraction of sp³-hybridized carbons (Fsp3) is 1.00. The zero-order valence-electron chi connectivity index (χ0n) is 11.4. The number of hydrogen-bond donors (Lipinski definition) is 0. The maximum absolute atomic E-state index is 12.6. The maximum atomic E-state index is 12.6. The Balaban J connectivity index is 4.88. The van der Waals surface area contributed by atoms with Gasteiger partial charge < -0.3 is 0 Å². The average molecular weight is 251 g/mol. The van der Waals surface area contributed by atoms with E-state index in [0.29, 0.717) is 13.2 Å². The van der Waals surface area contributed by atoms with Crippen LogP contribution in [0.4, 0.5) is 0 Å². The highest BCUT2D eigenvalue weighted by Gasteiger charge is 2.36. The molecule has 0 radical (unpaired) electrons. The smallest absolute Gasteiger partial charge is 0.297 e. The molecule has 5 heteroatoms. The fourth-order valence-corrected chi connectivity index (χ4v) is 3.91. The van der Waals surface area contributed by atoms with Gasteiger partial charge in [-0.2, -0.15) is 0 Å². The first-order chi connectivity index (χ1) is 7.39. The van der Waals surface area contributed by atoms with Gasteiger partial charge in [0, 0.05) is 12.1 Å². The van der Waals surface area contributed by atoms with Gasteiger partial charge >= 0.3 is 7.75 Å². The van der Waals surface area contributed by atoms with Crippen molar-refractivity contribution < 1.29 is 13.6 Å². The summed E-state index contributed by atoms with van der Waals surface area (Å²) in [6.07, 6.45) is 0.834. The summed E-state index contributed by atoms with van der Waals surface area (Å²) in [5.74, 6) is 0. The molecule has 0 aliphatic rings. The summed E-state index contributed by atoms with van der Waals surface area (Å²) >= 11 is 0. The fourth-order valence-electron chi connectivity index (χ4n) is 1.70. The van der Waals surface area contributed by atoms with Crippen molar-refractivity contribution in [3.05, 3.63) is 0 Å². The highest BCUT2D eigenvalue weighted by molar-refractivity contribution is 7.51. The van der Waals surface area contributed by atoms with Gasteiger partial charge in [-0.15, -0.1) is 0 Å². The van der Waals surface area contributed by atoms with E-state index in [1.807, 2.05) is 46.2 Å². The number of rotatable bonds is 8. The first-order valence-corrected chi connectivity index (χ1v) is 7.56. The van der Waals surface area contributed by atoms with Crippen LogP contribution in [-0.4, -0.2) is 30.0 Å². The lowest BCUT2D eigenvalue weighted by Crippen LogP contribution is -2.35. The quantitative estimate of drug-likeness (QED) is 0.617. The van der Waals surface area contributed by atoms with Crippen LogP contribution in [0.2, 0.25) is 0 Å². The molecule has 98 valence electrons. The van der Waals surface area contributed by atoms with Crippen LogP contribution in [0.25, 0.3) is 0 Å². The Morgan fingerprint density at radius 2 is 1.56 bits per heavy atom. The Bertz CT molecular complexity index is 223. The van der Waals surface area contributed by atoms with E-state index in [-0.39, 0.29) is 12.1 Å². The molecule has 0 saturated carbocycles. The first kappa shape index (κ1) is 16.1. The van der Waals surface area contributed by atoms with E-state index in [4.69, 9.17) is 9.05 Å². The third kappa shape index (κ3) is 4.54. The van der Waals surface area contributed by atoms with Gasteiger partial charge in [-0.05, 0) is 41.0 Å². The minimum atomic E-state index is -3.12. The summed E-state index contributed by atoms with van der Waals surface area (Å²) in [7, 11) is -3.12. The predicted octanol–water partition coefficient (Wildman–Crippen LogP) is 3.68. The molecule has 0 heterocycles. The van der Waals surface area contributed by atoms with E-state index in [1.165, 1.54) is 0 Å². The van der Waals surface area contributed by atoms with Crippen LogP contribution < -0.4 is 0 Å². The van der Waals surface area contributed by atoms with E-state index in [9.17, 15) is 4.57 Å². The van der Waals surface area contributed by atoms with Gasteiger partial charge in [-0.1, -0.05) is 6.92 Å². The predicted molar refractivity (Wildman–Crippen MR) is 67.6 cm³/mol. The molecule has 0 bridgehead atoms. The SMILES string of the molecule is CCCOP(=O)(OCC)N(C(C)C)C(C)C. The molecule has 0 saturated heterocycles. The molecule has 0 amide bonds. The van der Waals surface area contributed by atoms with E-state index < -0.39 is 7.75 Å². The van der Waals surface area contributed by atoms with E-state index in [1.54, 1.807) is 0 Å². The van der Waals surface area contributed by atoms with Crippen molar-refractivity contribution in [3.63, 3.8) is 0 Å². The molecule has 0 rings (SSSR count). The molecule has 1 atom stereocenters. The van der Waals surface area contributed by atoms with Crippen molar-refractivity contribution in [1.29, 1.82) is 0 Å². The summed E-state index contributed by atoms with van der Waals surface area (Å²) in [5.41, 5.74) is 0. The third-order valence-electron chi connectivity index (χ3n) is 2.09. The Kier molecular flexibility index (Phi) is 7.49. The lowest BCUT2D eigenvalue weighted by atomic mass is 10.3. The van der Waals surface area contributed by atoms with Crippen molar-refractivity contribution in [3.8, 4) is 0 Å². The molecule has 1 unspecified atom stereocenters. The second kappa shape index (κ2) is 7.44. The van der Waals surface area contributed by atoms with Gasteiger partial charge in [0.15, 0.2) is 0 Å². The van der Waals surface area contributed by atoms with Gasteiger partial charge in [-0.3, -0.25) is 9.05 Å². The van der Waals surface area contributed by atoms with Crippen LogP contribution in [-0.2, 0) is 13.6 Å². The maximum Gasteiger partial charge on any atom is 0.408 e. The average Bonchev–Trinajstić information content (AvgIpc) is 2.13. The molecule has 0 aromatic heterocycles. The standard InChI is InChI=1S/C11H26NO3P/c1-7-9-15-16(13,14-8-2)12(10(3)4)11(5)6/h10-11H,7-9H2,1-6H3. The van der Waals surface area contributed by atoms with Gasteiger partial charge in [-0.25, -0.2) is 9.24 Å².